The van der Waals surface area contributed by atoms with E-state index in [-0.39, 0.29) is 28.6 Å². The topological polar surface area (TPSA) is 80.9 Å². The first-order chi connectivity index (χ1) is 14.5. The molecule has 1 aliphatic heterocycles. The molecule has 0 aliphatic carbocycles. The molecule has 0 radical (unpaired) electrons. The van der Waals surface area contributed by atoms with Gasteiger partial charge in [-0.2, -0.15) is 0 Å². The van der Waals surface area contributed by atoms with Crippen LogP contribution in [-0.2, 0) is 6.54 Å². The van der Waals surface area contributed by atoms with Crippen molar-refractivity contribution >= 4 is 34.4 Å². The molecule has 3 aromatic rings. The van der Waals surface area contributed by atoms with Crippen LogP contribution in [0, 0.1) is 6.92 Å². The van der Waals surface area contributed by atoms with Crippen molar-refractivity contribution in [3.63, 3.8) is 0 Å². The minimum Gasteiger partial charge on any atom is -0.504 e. The quantitative estimate of drug-likeness (QED) is 0.250. The third-order valence-corrected chi connectivity index (χ3v) is 5.68. The van der Waals surface area contributed by atoms with E-state index in [0.717, 1.165) is 41.5 Å². The highest BCUT2D eigenvalue weighted by Gasteiger charge is 2.32. The largest absolute Gasteiger partial charge is 0.504 e. The number of halogens is 1. The predicted molar refractivity (Wildman–Crippen MR) is 116 cm³/mol. The Morgan fingerprint density at radius 2 is 2.00 bits per heavy atom. The standard InChI is InChI=1S/C23H22ClNO5/c1-13-16(12-20-21(27)15-6-8-19(26)22(28)23(15)30-20)17-11-14(29-2)5-7-18(17)25(13)10-4-3-9-24/h5-8,11-12,26,28H,3-4,9-10H2,1-2H3/b20-12-. The molecule has 0 saturated carbocycles. The Labute approximate surface area is 178 Å². The van der Waals surface area contributed by atoms with Gasteiger partial charge in [0.1, 0.15) is 5.75 Å². The molecule has 30 heavy (non-hydrogen) atoms. The lowest BCUT2D eigenvalue weighted by atomic mass is 10.1. The first-order valence-corrected chi connectivity index (χ1v) is 10.2. The van der Waals surface area contributed by atoms with Gasteiger partial charge in [0.05, 0.1) is 12.7 Å². The van der Waals surface area contributed by atoms with E-state index >= 15 is 0 Å². The number of unbranched alkanes of at least 4 members (excludes halogenated alkanes) is 1. The molecule has 2 aromatic carbocycles. The molecule has 1 aromatic heterocycles. The smallest absolute Gasteiger partial charge is 0.232 e. The molecular formula is C23H22ClNO5. The average Bonchev–Trinajstić information content (AvgIpc) is 3.20. The minimum absolute atomic E-state index is 0.0210. The number of phenols is 2. The zero-order chi connectivity index (χ0) is 21.4. The summed E-state index contributed by atoms with van der Waals surface area (Å²) < 4.78 is 13.2. The first-order valence-electron chi connectivity index (χ1n) is 9.68. The van der Waals surface area contributed by atoms with Crippen LogP contribution in [0.4, 0.5) is 0 Å². The van der Waals surface area contributed by atoms with Gasteiger partial charge in [0.25, 0.3) is 0 Å². The van der Waals surface area contributed by atoms with Gasteiger partial charge in [-0.3, -0.25) is 4.79 Å². The Morgan fingerprint density at radius 3 is 2.73 bits per heavy atom. The van der Waals surface area contributed by atoms with Crippen LogP contribution in [0.2, 0.25) is 0 Å². The number of rotatable bonds is 6. The van der Waals surface area contributed by atoms with Crippen molar-refractivity contribution in [2.75, 3.05) is 13.0 Å². The van der Waals surface area contributed by atoms with Crippen molar-refractivity contribution in [1.29, 1.82) is 0 Å². The second kappa shape index (κ2) is 7.95. The number of Topliss-reactive ketones (excluding diaryl/α,β-unsaturated/α-hetero) is 1. The van der Waals surface area contributed by atoms with Crippen LogP contribution in [0.15, 0.2) is 36.1 Å². The highest BCUT2D eigenvalue weighted by atomic mass is 35.5. The summed E-state index contributed by atoms with van der Waals surface area (Å²) in [6, 6.07) is 8.56. The molecule has 0 bridgehead atoms. The number of ketones is 1. The maximum atomic E-state index is 12.8. The molecular weight excluding hydrogens is 406 g/mol. The van der Waals surface area contributed by atoms with Crippen LogP contribution >= 0.6 is 11.6 Å². The number of hydrogen-bond acceptors (Lipinski definition) is 5. The highest BCUT2D eigenvalue weighted by molar-refractivity contribution is 6.17. The van der Waals surface area contributed by atoms with Crippen LogP contribution in [0.3, 0.4) is 0 Å². The Bertz CT molecular complexity index is 1180. The Kier molecular flexibility index (Phi) is 5.35. The summed E-state index contributed by atoms with van der Waals surface area (Å²) in [4.78, 5) is 12.8. The van der Waals surface area contributed by atoms with Gasteiger partial charge in [-0.1, -0.05) is 0 Å². The van der Waals surface area contributed by atoms with Crippen molar-refractivity contribution in [3.05, 3.63) is 52.9 Å². The second-order valence-electron chi connectivity index (χ2n) is 7.18. The fourth-order valence-corrected chi connectivity index (χ4v) is 4.00. The maximum absolute atomic E-state index is 12.8. The molecule has 4 rings (SSSR count). The van der Waals surface area contributed by atoms with Crippen molar-refractivity contribution < 1.29 is 24.5 Å². The van der Waals surface area contributed by atoms with Crippen molar-refractivity contribution in [2.45, 2.75) is 26.3 Å². The molecule has 7 heteroatoms. The van der Waals surface area contributed by atoms with Gasteiger partial charge in [0.15, 0.2) is 17.3 Å². The molecule has 1 aliphatic rings. The van der Waals surface area contributed by atoms with Crippen molar-refractivity contribution in [3.8, 4) is 23.0 Å². The number of phenolic OH excluding ortho intramolecular Hbond substituents is 2. The van der Waals surface area contributed by atoms with Crippen LogP contribution in [0.5, 0.6) is 23.0 Å². The zero-order valence-electron chi connectivity index (χ0n) is 16.7. The molecule has 2 N–H and O–H groups in total. The molecule has 0 amide bonds. The fraction of sp³-hybridized carbons (Fsp3) is 0.261. The fourth-order valence-electron chi connectivity index (χ4n) is 3.81. The minimum atomic E-state index is -0.439. The molecule has 0 fully saturated rings. The lowest BCUT2D eigenvalue weighted by Crippen LogP contribution is -2.01. The van der Waals surface area contributed by atoms with Gasteiger partial charge in [0.2, 0.25) is 11.5 Å². The summed E-state index contributed by atoms with van der Waals surface area (Å²) in [5.41, 5.74) is 3.07. The van der Waals surface area contributed by atoms with Crippen LogP contribution < -0.4 is 9.47 Å². The van der Waals surface area contributed by atoms with Gasteiger partial charge >= 0.3 is 0 Å². The highest BCUT2D eigenvalue weighted by Crippen LogP contribution is 2.44. The van der Waals surface area contributed by atoms with Crippen LogP contribution in [-0.4, -0.2) is 33.6 Å². The monoisotopic (exact) mass is 427 g/mol. The summed E-state index contributed by atoms with van der Waals surface area (Å²) in [7, 11) is 1.61. The summed E-state index contributed by atoms with van der Waals surface area (Å²) in [5, 5.41) is 20.7. The molecule has 0 atom stereocenters. The zero-order valence-corrected chi connectivity index (χ0v) is 17.5. The summed E-state index contributed by atoms with van der Waals surface area (Å²) in [6.45, 7) is 2.80. The lowest BCUT2D eigenvalue weighted by molar-refractivity contribution is 0.101. The van der Waals surface area contributed by atoms with E-state index in [2.05, 4.69) is 4.57 Å². The number of methoxy groups -OCH3 is 1. The van der Waals surface area contributed by atoms with E-state index in [0.29, 0.717) is 11.6 Å². The van der Waals surface area contributed by atoms with E-state index in [4.69, 9.17) is 21.1 Å². The van der Waals surface area contributed by atoms with Gasteiger partial charge < -0.3 is 24.3 Å². The van der Waals surface area contributed by atoms with Gasteiger partial charge in [-0.25, -0.2) is 0 Å². The number of allylic oxidation sites excluding steroid dienone is 1. The van der Waals surface area contributed by atoms with E-state index in [1.807, 2.05) is 25.1 Å². The number of aromatic nitrogens is 1. The van der Waals surface area contributed by atoms with E-state index in [1.54, 1.807) is 13.2 Å². The molecule has 156 valence electrons. The van der Waals surface area contributed by atoms with Crippen molar-refractivity contribution in [1.82, 2.24) is 4.57 Å². The average molecular weight is 428 g/mol. The third kappa shape index (κ3) is 3.27. The number of nitrogens with zero attached hydrogens (tertiary/aromatic N) is 1. The normalized spacial score (nSPS) is 14.4. The third-order valence-electron chi connectivity index (χ3n) is 5.41. The molecule has 0 saturated heterocycles. The van der Waals surface area contributed by atoms with Crippen molar-refractivity contribution in [2.24, 2.45) is 0 Å². The maximum Gasteiger partial charge on any atom is 0.232 e. The number of aryl methyl sites for hydroxylation is 1. The van der Waals surface area contributed by atoms with E-state index < -0.39 is 5.75 Å². The number of ether oxygens (including phenoxy) is 2. The molecule has 0 unspecified atom stereocenters. The number of aromatic hydroxyl groups is 2. The van der Waals surface area contributed by atoms with Gasteiger partial charge in [0, 0.05) is 34.6 Å². The number of carbonyl (C=O) groups excluding carboxylic acids is 1. The second-order valence-corrected chi connectivity index (χ2v) is 7.56. The van der Waals surface area contributed by atoms with Crippen LogP contribution in [0.1, 0.15) is 34.5 Å². The van der Waals surface area contributed by atoms with Gasteiger partial charge in [-0.05, 0) is 56.2 Å². The lowest BCUT2D eigenvalue weighted by Gasteiger charge is -2.08. The van der Waals surface area contributed by atoms with Gasteiger partial charge in [-0.15, -0.1) is 11.6 Å². The van der Waals surface area contributed by atoms with Crippen LogP contribution in [0.25, 0.3) is 17.0 Å². The SMILES string of the molecule is COc1ccc2c(c1)c(/C=C1\Oc3c(ccc(O)c3O)C1=O)c(C)n2CCCCCl. The molecule has 0 spiro atoms. The number of alkyl halides is 1. The summed E-state index contributed by atoms with van der Waals surface area (Å²) in [5.74, 6) is 0.282. The Morgan fingerprint density at radius 1 is 1.20 bits per heavy atom. The summed E-state index contributed by atoms with van der Waals surface area (Å²) >= 11 is 5.84. The molecule has 6 nitrogen and oxygen atoms in total. The number of fused-ring (bicyclic) bond motifs is 2. The van der Waals surface area contributed by atoms with E-state index in [9.17, 15) is 15.0 Å². The Balaban J connectivity index is 1.83. The number of benzene rings is 2. The Hall–Kier alpha value is -3.12. The summed E-state index contributed by atoms with van der Waals surface area (Å²) in [6.07, 6.45) is 3.53. The molecule has 2 heterocycles. The first kappa shape index (κ1) is 20.2. The van der Waals surface area contributed by atoms with E-state index in [1.165, 1.54) is 12.1 Å². The number of carbonyl (C=O) groups is 1. The predicted octanol–water partition coefficient (Wildman–Crippen LogP) is 5.00. The number of hydrogen-bond donors (Lipinski definition) is 2.